The molecule has 2 amide bonds. The second-order valence-corrected chi connectivity index (χ2v) is 10.8. The van der Waals surface area contributed by atoms with Crippen LogP contribution in [-0.2, 0) is 32.0 Å². The first kappa shape index (κ1) is 30.4. The topological polar surface area (TPSA) is 124 Å². The third-order valence-corrected chi connectivity index (χ3v) is 7.86. The van der Waals surface area contributed by atoms with Gasteiger partial charge in [0.2, 0.25) is 0 Å². The van der Waals surface area contributed by atoms with Crippen molar-refractivity contribution in [2.24, 2.45) is 0 Å². The fraction of sp³-hybridized carbons (Fsp3) is 0.469. The number of carbonyl (C=O) groups excluding carboxylic acids is 2. The van der Waals surface area contributed by atoms with Crippen LogP contribution in [0.25, 0.3) is 0 Å². The van der Waals surface area contributed by atoms with Gasteiger partial charge in [0.1, 0.15) is 13.2 Å². The smallest absolute Gasteiger partial charge is 0.416 e. The Morgan fingerprint density at radius 1 is 1.09 bits per heavy atom. The molecule has 11 nitrogen and oxygen atoms in total. The molecule has 0 spiro atoms. The van der Waals surface area contributed by atoms with Gasteiger partial charge in [0.15, 0.2) is 24.0 Å². The van der Waals surface area contributed by atoms with Gasteiger partial charge >= 0.3 is 12.1 Å². The Labute approximate surface area is 250 Å². The van der Waals surface area contributed by atoms with Gasteiger partial charge in [-0.3, -0.25) is 9.59 Å². The van der Waals surface area contributed by atoms with E-state index < -0.39 is 30.6 Å². The van der Waals surface area contributed by atoms with Crippen LogP contribution in [0.1, 0.15) is 60.0 Å². The number of hydrogen-bond donors (Lipinski definition) is 1. The van der Waals surface area contributed by atoms with E-state index in [0.29, 0.717) is 43.1 Å². The van der Waals surface area contributed by atoms with Crippen LogP contribution >= 0.6 is 0 Å². The molecular formula is C32H38N2O9. The van der Waals surface area contributed by atoms with Gasteiger partial charge in [0.05, 0.1) is 30.8 Å². The fourth-order valence-electron chi connectivity index (χ4n) is 5.85. The molecule has 2 unspecified atom stereocenters. The zero-order valence-electron chi connectivity index (χ0n) is 24.4. The van der Waals surface area contributed by atoms with Crippen molar-refractivity contribution in [3.63, 3.8) is 0 Å². The highest BCUT2D eigenvalue weighted by atomic mass is 16.7. The van der Waals surface area contributed by atoms with Crippen LogP contribution in [0.2, 0.25) is 0 Å². The predicted octanol–water partition coefficient (Wildman–Crippen LogP) is 4.91. The average molecular weight is 595 g/mol. The molecule has 11 heteroatoms. The molecule has 3 heterocycles. The monoisotopic (exact) mass is 594 g/mol. The summed E-state index contributed by atoms with van der Waals surface area (Å²) in [6.45, 7) is 4.83. The molecule has 0 radical (unpaired) electrons. The molecule has 2 aromatic rings. The van der Waals surface area contributed by atoms with Crippen molar-refractivity contribution in [1.29, 1.82) is 0 Å². The highest BCUT2D eigenvalue weighted by Gasteiger charge is 2.46. The summed E-state index contributed by atoms with van der Waals surface area (Å²) in [6, 6.07) is 9.89. The lowest BCUT2D eigenvalue weighted by Gasteiger charge is -2.42. The number of carboxylic acid groups (broad SMARTS) is 1. The summed E-state index contributed by atoms with van der Waals surface area (Å²) >= 11 is 0. The van der Waals surface area contributed by atoms with Crippen molar-refractivity contribution in [3.8, 4) is 11.5 Å². The standard InChI is InChI=1S/C32H38N2O9/c1-3-14-41-32(38)34-25-19-27(42-20-22-10-8-9-21(16-22)17-28(35)36)26(39-2)18-23(25)30(37)33-13-6-4-11-24(33)31(34)43-29-12-5-7-15-40-29/h3,8-10,16,18-19,24,29,31H,1,4-7,11-15,17,20H2,2H3,(H,35,36)/t24-,29?,31?/m0/s1. The van der Waals surface area contributed by atoms with E-state index >= 15 is 0 Å². The number of piperidine rings is 1. The number of methoxy groups -OCH3 is 1. The third kappa shape index (κ3) is 6.94. The number of nitrogens with zero attached hydrogens (tertiary/aromatic N) is 2. The highest BCUT2D eigenvalue weighted by Crippen LogP contribution is 2.42. The van der Waals surface area contributed by atoms with Gasteiger partial charge < -0.3 is 33.7 Å². The zero-order chi connectivity index (χ0) is 30.3. The number of fused-ring (bicyclic) bond motifs is 2. The first-order chi connectivity index (χ1) is 20.9. The van der Waals surface area contributed by atoms with Crippen LogP contribution in [0.4, 0.5) is 10.5 Å². The molecule has 2 saturated heterocycles. The number of benzene rings is 2. The number of anilines is 1. The molecule has 0 saturated carbocycles. The van der Waals surface area contributed by atoms with Crippen molar-refractivity contribution < 1.29 is 43.2 Å². The maximum Gasteiger partial charge on any atom is 0.416 e. The minimum absolute atomic E-state index is 0.0220. The van der Waals surface area contributed by atoms with E-state index in [9.17, 15) is 19.5 Å². The summed E-state index contributed by atoms with van der Waals surface area (Å²) in [5, 5.41) is 9.17. The van der Waals surface area contributed by atoms with Gasteiger partial charge in [-0.15, -0.1) is 0 Å². The number of ether oxygens (including phenoxy) is 5. The maximum atomic E-state index is 14.1. The number of aliphatic carboxylic acids is 1. The lowest BCUT2D eigenvalue weighted by atomic mass is 10.00. The van der Waals surface area contributed by atoms with Crippen molar-refractivity contribution in [2.45, 2.75) is 70.1 Å². The molecule has 2 aromatic carbocycles. The van der Waals surface area contributed by atoms with E-state index in [4.69, 9.17) is 23.7 Å². The maximum absolute atomic E-state index is 14.1. The molecule has 1 N–H and O–H groups in total. The van der Waals surface area contributed by atoms with Gasteiger partial charge in [-0.1, -0.05) is 36.9 Å². The third-order valence-electron chi connectivity index (χ3n) is 7.86. The molecule has 3 atom stereocenters. The Hall–Kier alpha value is -4.09. The molecule has 230 valence electrons. The Morgan fingerprint density at radius 3 is 2.65 bits per heavy atom. The summed E-state index contributed by atoms with van der Waals surface area (Å²) in [5.41, 5.74) is 1.95. The second-order valence-electron chi connectivity index (χ2n) is 10.8. The molecule has 0 bridgehead atoms. The molecule has 2 fully saturated rings. The van der Waals surface area contributed by atoms with Crippen molar-refractivity contribution >= 4 is 23.7 Å². The van der Waals surface area contributed by atoms with Crippen LogP contribution in [0.3, 0.4) is 0 Å². The van der Waals surface area contributed by atoms with Crippen molar-refractivity contribution in [2.75, 3.05) is 31.8 Å². The molecule has 43 heavy (non-hydrogen) atoms. The molecule has 3 aliphatic heterocycles. The summed E-state index contributed by atoms with van der Waals surface area (Å²) in [4.78, 5) is 42.2. The normalized spacial score (nSPS) is 21.7. The molecule has 3 aliphatic rings. The molecule has 5 rings (SSSR count). The van der Waals surface area contributed by atoms with E-state index in [-0.39, 0.29) is 36.8 Å². The van der Waals surface area contributed by atoms with Crippen LogP contribution in [-0.4, -0.2) is 73.4 Å². The summed E-state index contributed by atoms with van der Waals surface area (Å²) in [6.07, 6.45) is 4.22. The predicted molar refractivity (Wildman–Crippen MR) is 156 cm³/mol. The summed E-state index contributed by atoms with van der Waals surface area (Å²) in [7, 11) is 1.48. The van der Waals surface area contributed by atoms with E-state index in [1.165, 1.54) is 18.1 Å². The van der Waals surface area contributed by atoms with E-state index in [1.807, 2.05) is 6.07 Å². The number of carbonyl (C=O) groups is 3. The fourth-order valence-corrected chi connectivity index (χ4v) is 5.85. The van der Waals surface area contributed by atoms with Gasteiger partial charge in [-0.05, 0) is 55.7 Å². The minimum Gasteiger partial charge on any atom is -0.493 e. The van der Waals surface area contributed by atoms with Crippen LogP contribution in [0.15, 0.2) is 49.1 Å². The van der Waals surface area contributed by atoms with Crippen LogP contribution in [0, 0.1) is 0 Å². The SMILES string of the molecule is C=CCOC(=O)N1c2cc(OCc3cccc(CC(=O)O)c3)c(OC)cc2C(=O)N2CCCC[C@H]2C1OC1CCCCO1. The minimum atomic E-state index is -0.926. The number of hydrogen-bond acceptors (Lipinski definition) is 8. The summed E-state index contributed by atoms with van der Waals surface area (Å²) in [5.74, 6) is -0.545. The van der Waals surface area contributed by atoms with Crippen LogP contribution < -0.4 is 14.4 Å². The first-order valence-corrected chi connectivity index (χ1v) is 14.7. The van der Waals surface area contributed by atoms with Gasteiger partial charge in [-0.25, -0.2) is 9.69 Å². The quantitative estimate of drug-likeness (QED) is 0.382. The Morgan fingerprint density at radius 2 is 1.91 bits per heavy atom. The lowest BCUT2D eigenvalue weighted by Crippen LogP contribution is -2.57. The van der Waals surface area contributed by atoms with Crippen molar-refractivity contribution in [3.05, 3.63) is 65.7 Å². The van der Waals surface area contributed by atoms with Gasteiger partial charge in [0, 0.05) is 19.2 Å². The number of rotatable bonds is 10. The molecule has 0 aliphatic carbocycles. The largest absolute Gasteiger partial charge is 0.493 e. The Balaban J connectivity index is 1.55. The Kier molecular flexibility index (Phi) is 9.83. The van der Waals surface area contributed by atoms with E-state index in [1.54, 1.807) is 35.2 Å². The summed E-state index contributed by atoms with van der Waals surface area (Å²) < 4.78 is 29.8. The number of amides is 2. The van der Waals surface area contributed by atoms with Crippen LogP contribution in [0.5, 0.6) is 11.5 Å². The zero-order valence-corrected chi connectivity index (χ0v) is 24.4. The first-order valence-electron chi connectivity index (χ1n) is 14.7. The van der Waals surface area contributed by atoms with Crippen molar-refractivity contribution in [1.82, 2.24) is 4.90 Å². The number of carboxylic acids is 1. The van der Waals surface area contributed by atoms with E-state index in [2.05, 4.69) is 6.58 Å². The lowest BCUT2D eigenvalue weighted by molar-refractivity contribution is -0.198. The van der Waals surface area contributed by atoms with Gasteiger partial charge in [0.25, 0.3) is 5.91 Å². The van der Waals surface area contributed by atoms with Gasteiger partial charge in [-0.2, -0.15) is 0 Å². The molecule has 0 aromatic heterocycles. The highest BCUT2D eigenvalue weighted by molar-refractivity contribution is 6.06. The van der Waals surface area contributed by atoms with E-state index in [0.717, 1.165) is 31.2 Å². The average Bonchev–Trinajstić information content (AvgIpc) is 3.11. The molecular weight excluding hydrogens is 556 g/mol. The Bertz CT molecular complexity index is 1340. The second kappa shape index (κ2) is 13.9.